The Kier molecular flexibility index (Phi) is 2.89. The van der Waals surface area contributed by atoms with Gasteiger partial charge in [0.15, 0.2) is 0 Å². The molecule has 1 aliphatic carbocycles. The molecule has 2 unspecified atom stereocenters. The minimum absolute atomic E-state index is 0.00124. The number of carbonyl (C=O) groups excluding carboxylic acids is 2. The van der Waals surface area contributed by atoms with Crippen LogP contribution in [0.2, 0.25) is 0 Å². The molecule has 1 saturated heterocycles. The Morgan fingerprint density at radius 2 is 2.21 bits per heavy atom. The van der Waals surface area contributed by atoms with E-state index in [-0.39, 0.29) is 11.8 Å². The van der Waals surface area contributed by atoms with Gasteiger partial charge in [-0.05, 0) is 44.1 Å². The summed E-state index contributed by atoms with van der Waals surface area (Å²) in [5.41, 5.74) is -0.673. The van der Waals surface area contributed by atoms with Crippen molar-refractivity contribution in [3.05, 3.63) is 22.4 Å². The summed E-state index contributed by atoms with van der Waals surface area (Å²) in [6.45, 7) is 4.22. The van der Waals surface area contributed by atoms with Crippen molar-refractivity contribution in [1.82, 2.24) is 10.2 Å². The Morgan fingerprint density at radius 3 is 2.79 bits per heavy atom. The highest BCUT2D eigenvalue weighted by Crippen LogP contribution is 2.45. The number of rotatable bonds is 3. The zero-order valence-electron chi connectivity index (χ0n) is 11.2. The molecule has 4 nitrogen and oxygen atoms in total. The van der Waals surface area contributed by atoms with Gasteiger partial charge in [0.1, 0.15) is 11.6 Å². The van der Waals surface area contributed by atoms with E-state index in [0.29, 0.717) is 12.5 Å². The maximum atomic E-state index is 12.5. The SMILES string of the molecule is CC1NC(=O)C(C)(C2CC2)N(Cc2cccs2)C1=O. The van der Waals surface area contributed by atoms with Gasteiger partial charge in [-0.25, -0.2) is 0 Å². The standard InChI is InChI=1S/C14H18N2O2S/c1-9-12(17)16(8-11-4-3-7-19-11)14(2,10-5-6-10)13(18)15-9/h3-4,7,9-10H,5-6,8H2,1-2H3,(H,15,18). The van der Waals surface area contributed by atoms with Crippen LogP contribution in [0, 0.1) is 5.92 Å². The topological polar surface area (TPSA) is 49.4 Å². The molecule has 0 radical (unpaired) electrons. The highest BCUT2D eigenvalue weighted by atomic mass is 32.1. The molecular weight excluding hydrogens is 260 g/mol. The summed E-state index contributed by atoms with van der Waals surface area (Å²) in [5, 5.41) is 4.83. The van der Waals surface area contributed by atoms with Crippen molar-refractivity contribution in [3.63, 3.8) is 0 Å². The van der Waals surface area contributed by atoms with Crippen LogP contribution in [-0.4, -0.2) is 28.3 Å². The molecule has 2 aliphatic rings. The largest absolute Gasteiger partial charge is 0.343 e. The van der Waals surface area contributed by atoms with Gasteiger partial charge in [-0.3, -0.25) is 9.59 Å². The number of nitrogens with zero attached hydrogens (tertiary/aromatic N) is 1. The van der Waals surface area contributed by atoms with Crippen LogP contribution in [0.5, 0.6) is 0 Å². The molecule has 2 atom stereocenters. The molecule has 1 N–H and O–H groups in total. The van der Waals surface area contributed by atoms with E-state index in [1.54, 1.807) is 23.2 Å². The second kappa shape index (κ2) is 4.34. The zero-order valence-corrected chi connectivity index (χ0v) is 12.0. The van der Waals surface area contributed by atoms with E-state index in [2.05, 4.69) is 5.32 Å². The van der Waals surface area contributed by atoms with Gasteiger partial charge in [-0.1, -0.05) is 6.07 Å². The molecule has 0 bridgehead atoms. The minimum atomic E-state index is -0.673. The van der Waals surface area contributed by atoms with Crippen molar-refractivity contribution in [3.8, 4) is 0 Å². The number of thiophene rings is 1. The van der Waals surface area contributed by atoms with Crippen LogP contribution in [0.4, 0.5) is 0 Å². The fraction of sp³-hybridized carbons (Fsp3) is 0.571. The number of hydrogen-bond acceptors (Lipinski definition) is 3. The molecular formula is C14H18N2O2S. The summed E-state index contributed by atoms with van der Waals surface area (Å²) in [6, 6.07) is 3.58. The Labute approximate surface area is 116 Å². The monoisotopic (exact) mass is 278 g/mol. The first-order valence-corrected chi connectivity index (χ1v) is 7.56. The number of amides is 2. The first-order valence-electron chi connectivity index (χ1n) is 6.68. The average Bonchev–Trinajstić information content (AvgIpc) is 3.11. The zero-order chi connectivity index (χ0) is 13.6. The fourth-order valence-corrected chi connectivity index (χ4v) is 3.53. The summed E-state index contributed by atoms with van der Waals surface area (Å²) in [6.07, 6.45) is 2.07. The molecule has 2 amide bonds. The molecule has 1 saturated carbocycles. The summed E-state index contributed by atoms with van der Waals surface area (Å²) in [5.74, 6) is 0.338. The molecule has 1 aliphatic heterocycles. The lowest BCUT2D eigenvalue weighted by Gasteiger charge is -2.46. The van der Waals surface area contributed by atoms with Gasteiger partial charge in [-0.15, -0.1) is 11.3 Å². The highest BCUT2D eigenvalue weighted by Gasteiger charge is 2.56. The summed E-state index contributed by atoms with van der Waals surface area (Å²) in [4.78, 5) is 27.8. The van der Waals surface area contributed by atoms with E-state index in [4.69, 9.17) is 0 Å². The van der Waals surface area contributed by atoms with Crippen molar-refractivity contribution < 1.29 is 9.59 Å². The third-order valence-electron chi connectivity index (χ3n) is 4.27. The van der Waals surface area contributed by atoms with E-state index in [0.717, 1.165) is 17.7 Å². The predicted octanol–water partition coefficient (Wildman–Crippen LogP) is 1.76. The quantitative estimate of drug-likeness (QED) is 0.916. The van der Waals surface area contributed by atoms with E-state index < -0.39 is 11.6 Å². The van der Waals surface area contributed by atoms with Gasteiger partial charge in [0.05, 0.1) is 6.54 Å². The molecule has 5 heteroatoms. The van der Waals surface area contributed by atoms with Crippen LogP contribution in [0.1, 0.15) is 31.6 Å². The summed E-state index contributed by atoms with van der Waals surface area (Å²) < 4.78 is 0. The molecule has 2 fully saturated rings. The van der Waals surface area contributed by atoms with Crippen LogP contribution < -0.4 is 5.32 Å². The third kappa shape index (κ3) is 1.96. The summed E-state index contributed by atoms with van der Waals surface area (Å²) in [7, 11) is 0. The van der Waals surface area contributed by atoms with Crippen molar-refractivity contribution >= 4 is 23.2 Å². The number of hydrogen-bond donors (Lipinski definition) is 1. The van der Waals surface area contributed by atoms with Gasteiger partial charge >= 0.3 is 0 Å². The smallest absolute Gasteiger partial charge is 0.246 e. The second-order valence-corrected chi connectivity index (χ2v) is 6.65. The first kappa shape index (κ1) is 12.7. The lowest BCUT2D eigenvalue weighted by molar-refractivity contribution is -0.158. The Morgan fingerprint density at radius 1 is 1.47 bits per heavy atom. The lowest BCUT2D eigenvalue weighted by atomic mass is 9.88. The molecule has 19 heavy (non-hydrogen) atoms. The van der Waals surface area contributed by atoms with Crippen molar-refractivity contribution in [1.29, 1.82) is 0 Å². The second-order valence-electron chi connectivity index (χ2n) is 5.62. The fourth-order valence-electron chi connectivity index (χ4n) is 2.84. The molecule has 0 aromatic carbocycles. The van der Waals surface area contributed by atoms with Crippen LogP contribution in [0.25, 0.3) is 0 Å². The Bertz CT molecular complexity index is 510. The van der Waals surface area contributed by atoms with Gasteiger partial charge < -0.3 is 10.2 Å². The van der Waals surface area contributed by atoms with Crippen LogP contribution in [0.3, 0.4) is 0 Å². The van der Waals surface area contributed by atoms with Gasteiger partial charge in [0, 0.05) is 4.88 Å². The van der Waals surface area contributed by atoms with Gasteiger partial charge in [-0.2, -0.15) is 0 Å². The van der Waals surface area contributed by atoms with E-state index in [1.165, 1.54) is 0 Å². The average molecular weight is 278 g/mol. The van der Waals surface area contributed by atoms with Crippen molar-refractivity contribution in [2.24, 2.45) is 5.92 Å². The maximum Gasteiger partial charge on any atom is 0.246 e. The molecule has 1 aromatic heterocycles. The first-order chi connectivity index (χ1) is 9.03. The van der Waals surface area contributed by atoms with Gasteiger partial charge in [0.25, 0.3) is 0 Å². The Balaban J connectivity index is 1.94. The maximum absolute atomic E-state index is 12.5. The molecule has 2 heterocycles. The highest BCUT2D eigenvalue weighted by molar-refractivity contribution is 7.09. The van der Waals surface area contributed by atoms with Crippen LogP contribution in [-0.2, 0) is 16.1 Å². The van der Waals surface area contributed by atoms with E-state index in [1.807, 2.05) is 24.4 Å². The summed E-state index contributed by atoms with van der Waals surface area (Å²) >= 11 is 1.63. The molecule has 3 rings (SSSR count). The number of carbonyl (C=O) groups is 2. The molecule has 102 valence electrons. The number of nitrogens with one attached hydrogen (secondary N) is 1. The van der Waals surface area contributed by atoms with Crippen LogP contribution >= 0.6 is 11.3 Å². The lowest BCUT2D eigenvalue weighted by Crippen LogP contribution is -2.69. The van der Waals surface area contributed by atoms with Crippen molar-refractivity contribution in [2.75, 3.05) is 0 Å². The molecule has 0 spiro atoms. The van der Waals surface area contributed by atoms with Gasteiger partial charge in [0.2, 0.25) is 11.8 Å². The molecule has 1 aromatic rings. The van der Waals surface area contributed by atoms with Crippen molar-refractivity contribution in [2.45, 2.75) is 44.8 Å². The Hall–Kier alpha value is -1.36. The number of piperazine rings is 1. The third-order valence-corrected chi connectivity index (χ3v) is 5.13. The normalized spacial score (nSPS) is 31.5. The minimum Gasteiger partial charge on any atom is -0.343 e. The van der Waals surface area contributed by atoms with E-state index >= 15 is 0 Å². The van der Waals surface area contributed by atoms with E-state index in [9.17, 15) is 9.59 Å². The predicted molar refractivity (Wildman–Crippen MR) is 73.6 cm³/mol. The van der Waals surface area contributed by atoms with Crippen LogP contribution in [0.15, 0.2) is 17.5 Å².